The number of rotatable bonds is 2. The number of carboxylic acids is 1. The zero-order valence-corrected chi connectivity index (χ0v) is 10.6. The number of carbonyl (C=O) groups is 2. The Labute approximate surface area is 112 Å². The molecular formula is C13H12F3NO3. The van der Waals surface area contributed by atoms with Gasteiger partial charge in [-0.25, -0.2) is 13.2 Å². The van der Waals surface area contributed by atoms with Crippen molar-refractivity contribution < 1.29 is 27.9 Å². The quantitative estimate of drug-likeness (QED) is 0.847. The van der Waals surface area contributed by atoms with Gasteiger partial charge in [-0.05, 0) is 12.5 Å². The van der Waals surface area contributed by atoms with Crippen molar-refractivity contribution >= 4 is 11.9 Å². The molecule has 2 atom stereocenters. The second kappa shape index (κ2) is 5.15. The van der Waals surface area contributed by atoms with Crippen LogP contribution in [0.2, 0.25) is 0 Å². The second-order valence-corrected chi connectivity index (χ2v) is 4.72. The number of halogens is 3. The van der Waals surface area contributed by atoms with E-state index in [4.69, 9.17) is 5.11 Å². The molecule has 0 saturated carbocycles. The largest absolute Gasteiger partial charge is 0.481 e. The number of aliphatic carboxylic acids is 1. The zero-order chi connectivity index (χ0) is 15.0. The molecule has 0 spiro atoms. The average molecular weight is 287 g/mol. The van der Waals surface area contributed by atoms with Gasteiger partial charge in [0.2, 0.25) is 5.91 Å². The zero-order valence-electron chi connectivity index (χ0n) is 10.6. The van der Waals surface area contributed by atoms with Crippen LogP contribution in [0.25, 0.3) is 0 Å². The molecule has 0 aliphatic carbocycles. The summed E-state index contributed by atoms with van der Waals surface area (Å²) in [5, 5.41) is 9.16. The first-order valence-corrected chi connectivity index (χ1v) is 5.96. The molecule has 108 valence electrons. The van der Waals surface area contributed by atoms with Crippen LogP contribution in [0.1, 0.15) is 24.4 Å². The third-order valence-electron chi connectivity index (χ3n) is 3.54. The third-order valence-corrected chi connectivity index (χ3v) is 3.54. The average Bonchev–Trinajstić information content (AvgIpc) is 2.37. The highest BCUT2D eigenvalue weighted by Crippen LogP contribution is 2.37. The van der Waals surface area contributed by atoms with E-state index >= 15 is 0 Å². The third kappa shape index (κ3) is 2.35. The maximum Gasteiger partial charge on any atom is 0.308 e. The van der Waals surface area contributed by atoms with Crippen LogP contribution in [-0.2, 0) is 9.59 Å². The summed E-state index contributed by atoms with van der Waals surface area (Å²) >= 11 is 0. The summed E-state index contributed by atoms with van der Waals surface area (Å²) in [6, 6.07) is -0.180. The van der Waals surface area contributed by atoms with Crippen LogP contribution in [-0.4, -0.2) is 28.9 Å². The fraction of sp³-hybridized carbons (Fsp3) is 0.385. The van der Waals surface area contributed by atoms with Crippen molar-refractivity contribution in [3.05, 3.63) is 35.1 Å². The van der Waals surface area contributed by atoms with Crippen molar-refractivity contribution in [2.45, 2.75) is 18.9 Å². The number of carboxylic acid groups (broad SMARTS) is 1. The molecule has 1 fully saturated rings. The van der Waals surface area contributed by atoms with Gasteiger partial charge in [-0.1, -0.05) is 0 Å². The summed E-state index contributed by atoms with van der Waals surface area (Å²) in [5.74, 6) is -6.34. The van der Waals surface area contributed by atoms with Crippen LogP contribution in [0.4, 0.5) is 13.2 Å². The second-order valence-electron chi connectivity index (χ2n) is 4.72. The Morgan fingerprint density at radius 1 is 1.25 bits per heavy atom. The molecule has 4 nitrogen and oxygen atoms in total. The van der Waals surface area contributed by atoms with E-state index in [9.17, 15) is 22.8 Å². The standard InChI is InChI=1S/C13H12F3NO3/c1-17-11(18)3-2-6(13(19)20)12(17)7-4-9(15)10(16)5-8(7)14/h4-6,12H,2-3H2,1H3,(H,19,20). The summed E-state index contributed by atoms with van der Waals surface area (Å²) in [6.45, 7) is 0. The number of likely N-dealkylation sites (tertiary alicyclic amines) is 1. The van der Waals surface area contributed by atoms with Crippen molar-refractivity contribution in [3.63, 3.8) is 0 Å². The molecule has 1 saturated heterocycles. The fourth-order valence-corrected chi connectivity index (χ4v) is 2.49. The summed E-state index contributed by atoms with van der Waals surface area (Å²) in [7, 11) is 1.32. The first kappa shape index (κ1) is 14.4. The van der Waals surface area contributed by atoms with Crippen LogP contribution in [0.5, 0.6) is 0 Å². The topological polar surface area (TPSA) is 57.6 Å². The fourth-order valence-electron chi connectivity index (χ4n) is 2.49. The van der Waals surface area contributed by atoms with E-state index in [0.29, 0.717) is 12.1 Å². The summed E-state index contributed by atoms with van der Waals surface area (Å²) in [6.07, 6.45) is 0.0525. The maximum absolute atomic E-state index is 13.8. The predicted molar refractivity (Wildman–Crippen MR) is 62.2 cm³/mol. The lowest BCUT2D eigenvalue weighted by atomic mass is 9.84. The van der Waals surface area contributed by atoms with Crippen molar-refractivity contribution in [1.82, 2.24) is 4.90 Å². The molecule has 2 unspecified atom stereocenters. The Bertz CT molecular complexity index is 576. The molecule has 7 heteroatoms. The molecule has 1 heterocycles. The molecular weight excluding hydrogens is 275 g/mol. The van der Waals surface area contributed by atoms with Crippen molar-refractivity contribution in [3.8, 4) is 0 Å². The van der Waals surface area contributed by atoms with Gasteiger partial charge in [-0.2, -0.15) is 0 Å². The van der Waals surface area contributed by atoms with Gasteiger partial charge < -0.3 is 10.0 Å². The van der Waals surface area contributed by atoms with E-state index in [1.807, 2.05) is 0 Å². The van der Waals surface area contributed by atoms with E-state index in [0.717, 1.165) is 4.90 Å². The van der Waals surface area contributed by atoms with Crippen LogP contribution in [0.15, 0.2) is 12.1 Å². The number of carbonyl (C=O) groups excluding carboxylic acids is 1. The molecule has 1 amide bonds. The summed E-state index contributed by atoms with van der Waals surface area (Å²) in [5.41, 5.74) is -0.327. The van der Waals surface area contributed by atoms with Crippen LogP contribution in [0, 0.1) is 23.4 Å². The van der Waals surface area contributed by atoms with Gasteiger partial charge in [0.05, 0.1) is 12.0 Å². The van der Waals surface area contributed by atoms with Crippen molar-refractivity contribution in [1.29, 1.82) is 0 Å². The molecule has 1 N–H and O–H groups in total. The highest BCUT2D eigenvalue weighted by atomic mass is 19.2. The highest BCUT2D eigenvalue weighted by Gasteiger charge is 2.40. The Balaban J connectivity index is 2.53. The van der Waals surface area contributed by atoms with E-state index in [2.05, 4.69) is 0 Å². The first-order chi connectivity index (χ1) is 9.32. The van der Waals surface area contributed by atoms with Crippen LogP contribution >= 0.6 is 0 Å². The molecule has 0 radical (unpaired) electrons. The molecule has 1 aromatic carbocycles. The van der Waals surface area contributed by atoms with E-state index in [1.54, 1.807) is 0 Å². The lowest BCUT2D eigenvalue weighted by Gasteiger charge is -2.37. The number of hydrogen-bond donors (Lipinski definition) is 1. The summed E-state index contributed by atoms with van der Waals surface area (Å²) in [4.78, 5) is 23.9. The van der Waals surface area contributed by atoms with Gasteiger partial charge in [0, 0.05) is 25.1 Å². The smallest absolute Gasteiger partial charge is 0.308 e. The minimum atomic E-state index is -1.36. The lowest BCUT2D eigenvalue weighted by molar-refractivity contribution is -0.151. The van der Waals surface area contributed by atoms with E-state index in [-0.39, 0.29) is 24.3 Å². The molecule has 1 aromatic rings. The molecule has 0 aromatic heterocycles. The number of amides is 1. The minimum Gasteiger partial charge on any atom is -0.481 e. The van der Waals surface area contributed by atoms with Gasteiger partial charge >= 0.3 is 5.97 Å². The predicted octanol–water partition coefficient (Wildman–Crippen LogP) is 2.10. The van der Waals surface area contributed by atoms with Gasteiger partial charge in [0.15, 0.2) is 11.6 Å². The number of hydrogen-bond acceptors (Lipinski definition) is 2. The van der Waals surface area contributed by atoms with Gasteiger partial charge in [0.25, 0.3) is 0 Å². The van der Waals surface area contributed by atoms with E-state index < -0.39 is 35.4 Å². The molecule has 20 heavy (non-hydrogen) atoms. The lowest BCUT2D eigenvalue weighted by Crippen LogP contribution is -2.43. The normalized spacial score (nSPS) is 23.0. The molecule has 2 rings (SSSR count). The Kier molecular flexibility index (Phi) is 3.69. The number of nitrogens with zero attached hydrogens (tertiary/aromatic N) is 1. The Hall–Kier alpha value is -2.05. The SMILES string of the molecule is CN1C(=O)CCC(C(=O)O)C1c1cc(F)c(F)cc1F. The van der Waals surface area contributed by atoms with Gasteiger partial charge in [-0.15, -0.1) is 0 Å². The number of benzene rings is 1. The monoisotopic (exact) mass is 287 g/mol. The van der Waals surface area contributed by atoms with Gasteiger partial charge in [0.1, 0.15) is 5.82 Å². The molecule has 0 bridgehead atoms. The molecule has 1 aliphatic heterocycles. The maximum atomic E-state index is 13.8. The van der Waals surface area contributed by atoms with E-state index in [1.165, 1.54) is 7.05 Å². The van der Waals surface area contributed by atoms with Crippen molar-refractivity contribution in [2.75, 3.05) is 7.05 Å². The van der Waals surface area contributed by atoms with Gasteiger partial charge in [-0.3, -0.25) is 9.59 Å². The summed E-state index contributed by atoms with van der Waals surface area (Å²) < 4.78 is 40.0. The van der Waals surface area contributed by atoms with Crippen LogP contribution in [0.3, 0.4) is 0 Å². The first-order valence-electron chi connectivity index (χ1n) is 5.96. The molecule has 1 aliphatic rings. The minimum absolute atomic E-state index is 0.0231. The Morgan fingerprint density at radius 2 is 1.85 bits per heavy atom. The van der Waals surface area contributed by atoms with Crippen molar-refractivity contribution in [2.24, 2.45) is 5.92 Å². The van der Waals surface area contributed by atoms with Crippen LogP contribution < -0.4 is 0 Å². The Morgan fingerprint density at radius 3 is 2.45 bits per heavy atom. The highest BCUT2D eigenvalue weighted by molar-refractivity contribution is 5.81. The number of piperidine rings is 1.